The molecule has 0 spiro atoms. The highest BCUT2D eigenvalue weighted by Gasteiger charge is 2.27. The fourth-order valence-electron chi connectivity index (χ4n) is 1.83. The summed E-state index contributed by atoms with van der Waals surface area (Å²) >= 11 is 0. The molecule has 0 rings (SSSR count). The second kappa shape index (κ2) is 7.22. The van der Waals surface area contributed by atoms with E-state index in [0.29, 0.717) is 5.92 Å². The highest BCUT2D eigenvalue weighted by Crippen LogP contribution is 2.43. The number of nitrogens with zero attached hydrogens (tertiary/aromatic N) is 1. The van der Waals surface area contributed by atoms with Crippen molar-refractivity contribution in [3.63, 3.8) is 0 Å². The quantitative estimate of drug-likeness (QED) is 0.353. The van der Waals surface area contributed by atoms with Gasteiger partial charge in [-0.1, -0.05) is 39.5 Å². The lowest BCUT2D eigenvalue weighted by atomic mass is 10.1. The lowest BCUT2D eigenvalue weighted by Crippen LogP contribution is -2.12. The molecule has 2 unspecified atom stereocenters. The van der Waals surface area contributed by atoms with E-state index in [0.717, 1.165) is 12.7 Å². The molecule has 0 bridgehead atoms. The van der Waals surface area contributed by atoms with E-state index < -0.39 is 7.29 Å². The van der Waals surface area contributed by atoms with Gasteiger partial charge in [0.05, 0.1) is 6.16 Å². The van der Waals surface area contributed by atoms with Crippen LogP contribution < -0.4 is 0 Å². The Kier molecular flexibility index (Phi) is 7.17. The zero-order chi connectivity index (χ0) is 11.9. The molecule has 2 atom stereocenters. The van der Waals surface area contributed by atoms with Crippen molar-refractivity contribution in [2.45, 2.75) is 46.5 Å². The van der Waals surface area contributed by atoms with E-state index in [2.05, 4.69) is 20.6 Å². The first-order valence-corrected chi connectivity index (χ1v) is 8.38. The molecule has 0 aromatic carbocycles. The van der Waals surface area contributed by atoms with E-state index in [4.69, 9.17) is 0 Å². The summed E-state index contributed by atoms with van der Waals surface area (Å²) in [7, 11) is -2.17. The van der Waals surface area contributed by atoms with Gasteiger partial charge in [-0.05, 0) is 12.8 Å². The van der Waals surface area contributed by atoms with Gasteiger partial charge in [-0.2, -0.15) is 0 Å². The average molecular weight is 232 g/mol. The molecule has 0 aromatic heterocycles. The minimum atomic E-state index is -2.17. The maximum atomic E-state index is 12.3. The van der Waals surface area contributed by atoms with Crippen molar-refractivity contribution in [2.75, 3.05) is 19.4 Å². The monoisotopic (exact) mass is 232 g/mol. The molecule has 2 nitrogen and oxygen atoms in total. The minimum Gasteiger partial charge on any atom is -0.249 e. The van der Waals surface area contributed by atoms with Crippen LogP contribution >= 0.6 is 7.29 Å². The summed E-state index contributed by atoms with van der Waals surface area (Å²) in [6, 6.07) is 0. The van der Waals surface area contributed by atoms with Crippen LogP contribution in [0.4, 0.5) is 0 Å². The Hall–Kier alpha value is -0.100. The third kappa shape index (κ3) is 6.14. The zero-order valence-electron chi connectivity index (χ0n) is 10.8. The van der Waals surface area contributed by atoms with Crippen LogP contribution in [0.5, 0.6) is 0 Å². The van der Waals surface area contributed by atoms with Crippen LogP contribution in [0.1, 0.15) is 46.5 Å². The van der Waals surface area contributed by atoms with E-state index >= 15 is 0 Å². The van der Waals surface area contributed by atoms with Crippen molar-refractivity contribution >= 4 is 14.0 Å². The first kappa shape index (κ1) is 14.9. The molecule has 90 valence electrons. The first-order valence-electron chi connectivity index (χ1n) is 6.09. The molecule has 0 aliphatic heterocycles. The molecule has 3 heteroatoms. The molecule has 0 N–H and O–H groups in total. The second-order valence-corrected chi connectivity index (χ2v) is 7.69. The third-order valence-electron chi connectivity index (χ3n) is 2.91. The van der Waals surface area contributed by atoms with Gasteiger partial charge in [-0.25, -0.2) is 8.91 Å². The van der Waals surface area contributed by atoms with Crippen LogP contribution in [0.3, 0.4) is 0 Å². The van der Waals surface area contributed by atoms with E-state index in [1.165, 1.54) is 25.7 Å². The Bertz CT molecular complexity index is 238. The second-order valence-electron chi connectivity index (χ2n) is 4.66. The lowest BCUT2D eigenvalue weighted by Gasteiger charge is -2.15. The Morgan fingerprint density at radius 2 is 1.93 bits per heavy atom. The van der Waals surface area contributed by atoms with Gasteiger partial charge in [0.25, 0.3) is 0 Å². The van der Waals surface area contributed by atoms with Crippen LogP contribution in [0.25, 0.3) is 0 Å². The molecule has 0 saturated heterocycles. The molecule has 0 aliphatic carbocycles. The van der Waals surface area contributed by atoms with E-state index in [1.807, 2.05) is 13.6 Å². The summed E-state index contributed by atoms with van der Waals surface area (Å²) in [5, 5.41) is 0. The molecule has 0 heterocycles. The molecular formula is C12H27NOP+. The Balaban J connectivity index is 3.99. The summed E-state index contributed by atoms with van der Waals surface area (Å²) in [5.74, 6) is 0.559. The Morgan fingerprint density at radius 1 is 1.33 bits per heavy atom. The fourth-order valence-corrected chi connectivity index (χ4v) is 4.00. The molecule has 0 aliphatic rings. The Labute approximate surface area is 95.2 Å². The van der Waals surface area contributed by atoms with Crippen molar-refractivity contribution in [1.82, 2.24) is 0 Å². The molecule has 0 saturated carbocycles. The zero-order valence-corrected chi connectivity index (χ0v) is 11.7. The normalized spacial score (nSPS) is 17.1. The highest BCUT2D eigenvalue weighted by molar-refractivity contribution is 7.56. The highest BCUT2D eigenvalue weighted by atomic mass is 31.2. The maximum absolute atomic E-state index is 12.3. The van der Waals surface area contributed by atoms with Crippen molar-refractivity contribution in [3.8, 4) is 0 Å². The van der Waals surface area contributed by atoms with E-state index in [1.54, 1.807) is 4.35 Å². The van der Waals surface area contributed by atoms with E-state index in [-0.39, 0.29) is 0 Å². The lowest BCUT2D eigenvalue weighted by molar-refractivity contribution is -0.358. The van der Waals surface area contributed by atoms with Crippen LogP contribution in [0, 0.1) is 5.92 Å². The molecule has 0 fully saturated rings. The standard InChI is InChI=1S/C12H27NOP/c1-6-8-9-10-12(3)11-15(5,14)13(4)7-2/h12H,4,6-11H2,1-3,5H3/q+1. The third-order valence-corrected chi connectivity index (χ3v) is 5.69. The van der Waals surface area contributed by atoms with Crippen LogP contribution in [-0.2, 0) is 4.57 Å². The minimum absolute atomic E-state index is 0.559. The van der Waals surface area contributed by atoms with E-state index in [9.17, 15) is 4.57 Å². The molecular weight excluding hydrogens is 205 g/mol. The molecule has 0 radical (unpaired) electrons. The van der Waals surface area contributed by atoms with Gasteiger partial charge in [0.15, 0.2) is 0 Å². The average Bonchev–Trinajstić information content (AvgIpc) is 2.16. The first-order chi connectivity index (χ1) is 6.94. The molecule has 0 amide bonds. The van der Waals surface area contributed by atoms with Gasteiger partial charge in [0, 0.05) is 6.66 Å². The summed E-state index contributed by atoms with van der Waals surface area (Å²) < 4.78 is 14.0. The predicted molar refractivity (Wildman–Crippen MR) is 69.6 cm³/mol. The smallest absolute Gasteiger partial charge is 0.249 e. The van der Waals surface area contributed by atoms with Gasteiger partial charge in [0.2, 0.25) is 0 Å². The number of unbranched alkanes of at least 4 members (excludes halogenated alkanes) is 2. The number of rotatable bonds is 8. The molecule has 0 aromatic rings. The van der Waals surface area contributed by atoms with Gasteiger partial charge in [0.1, 0.15) is 13.3 Å². The van der Waals surface area contributed by atoms with Gasteiger partial charge in [-0.3, -0.25) is 0 Å². The van der Waals surface area contributed by atoms with Crippen molar-refractivity contribution in [3.05, 3.63) is 0 Å². The van der Waals surface area contributed by atoms with Crippen LogP contribution in [0.15, 0.2) is 0 Å². The SMILES string of the molecule is C=[N+](CC)P(C)(=O)CC(C)CCCCC. The Morgan fingerprint density at radius 3 is 2.40 bits per heavy atom. The summed E-state index contributed by atoms with van der Waals surface area (Å²) in [4.78, 5) is 0. The maximum Gasteiger partial charge on any atom is 0.312 e. The van der Waals surface area contributed by atoms with Crippen LogP contribution in [0.2, 0.25) is 0 Å². The van der Waals surface area contributed by atoms with Crippen molar-refractivity contribution in [1.29, 1.82) is 0 Å². The molecule has 15 heavy (non-hydrogen) atoms. The summed E-state index contributed by atoms with van der Waals surface area (Å²) in [6.07, 6.45) is 5.82. The van der Waals surface area contributed by atoms with Crippen LogP contribution in [-0.4, -0.2) is 30.4 Å². The van der Waals surface area contributed by atoms with Gasteiger partial charge < -0.3 is 0 Å². The van der Waals surface area contributed by atoms with Crippen molar-refractivity contribution in [2.24, 2.45) is 5.92 Å². The number of hydrogen-bond acceptors (Lipinski definition) is 1. The largest absolute Gasteiger partial charge is 0.312 e. The van der Waals surface area contributed by atoms with Gasteiger partial charge >= 0.3 is 7.29 Å². The van der Waals surface area contributed by atoms with Gasteiger partial charge in [-0.15, -0.1) is 0 Å². The fraction of sp³-hybridized carbons (Fsp3) is 0.917. The summed E-state index contributed by atoms with van der Waals surface area (Å²) in [6.45, 7) is 12.9. The summed E-state index contributed by atoms with van der Waals surface area (Å²) in [5.41, 5.74) is 0. The van der Waals surface area contributed by atoms with Crippen molar-refractivity contribution < 1.29 is 8.91 Å². The topological polar surface area (TPSA) is 20.1 Å². The number of hydrogen-bond donors (Lipinski definition) is 0. The predicted octanol–water partition coefficient (Wildman–Crippen LogP) is 3.84.